The largest absolute Gasteiger partial charge is 0.505 e. The summed E-state index contributed by atoms with van der Waals surface area (Å²) >= 11 is 6.24. The van der Waals surface area contributed by atoms with Gasteiger partial charge in [-0.15, -0.1) is 0 Å². The van der Waals surface area contributed by atoms with Crippen molar-refractivity contribution >= 4 is 22.5 Å². The van der Waals surface area contributed by atoms with Crippen molar-refractivity contribution in [1.82, 2.24) is 9.97 Å². The molecule has 3 aromatic rings. The van der Waals surface area contributed by atoms with Gasteiger partial charge in [-0.25, -0.2) is 0 Å². The van der Waals surface area contributed by atoms with Gasteiger partial charge in [-0.1, -0.05) is 17.7 Å². The van der Waals surface area contributed by atoms with E-state index >= 15 is 0 Å². The molecule has 0 saturated carbocycles. The van der Waals surface area contributed by atoms with Crippen LogP contribution in [0.25, 0.3) is 10.9 Å². The molecule has 4 nitrogen and oxygen atoms in total. The highest BCUT2D eigenvalue weighted by Crippen LogP contribution is 2.37. The Kier molecular flexibility index (Phi) is 3.26. The summed E-state index contributed by atoms with van der Waals surface area (Å²) in [6.07, 6.45) is 4.95. The highest BCUT2D eigenvalue weighted by Gasteiger charge is 2.18. The predicted molar refractivity (Wildman–Crippen MR) is 78.7 cm³/mol. The minimum atomic E-state index is -0.507. The average molecular weight is 286 g/mol. The summed E-state index contributed by atoms with van der Waals surface area (Å²) in [6.45, 7) is 0. The molecular weight excluding hydrogens is 274 g/mol. The van der Waals surface area contributed by atoms with Crippen LogP contribution in [0.15, 0.2) is 48.9 Å². The van der Waals surface area contributed by atoms with Crippen molar-refractivity contribution in [2.45, 2.75) is 6.04 Å². The Bertz CT molecular complexity index is 762. The number of hydrogen-bond donors (Lipinski definition) is 2. The van der Waals surface area contributed by atoms with Crippen LogP contribution in [0.4, 0.5) is 0 Å². The normalized spacial score (nSPS) is 12.5. The highest BCUT2D eigenvalue weighted by atomic mass is 35.5. The van der Waals surface area contributed by atoms with Gasteiger partial charge in [0.15, 0.2) is 0 Å². The van der Waals surface area contributed by atoms with E-state index in [0.29, 0.717) is 21.5 Å². The van der Waals surface area contributed by atoms with Crippen molar-refractivity contribution in [2.24, 2.45) is 5.73 Å². The van der Waals surface area contributed by atoms with Crippen LogP contribution in [-0.4, -0.2) is 15.1 Å². The van der Waals surface area contributed by atoms with Crippen LogP contribution in [0.2, 0.25) is 5.02 Å². The van der Waals surface area contributed by atoms with E-state index in [9.17, 15) is 5.11 Å². The topological polar surface area (TPSA) is 72.0 Å². The summed E-state index contributed by atoms with van der Waals surface area (Å²) in [5.74, 6) is 0.0568. The fourth-order valence-electron chi connectivity index (χ4n) is 2.18. The number of aromatic nitrogens is 2. The monoisotopic (exact) mass is 285 g/mol. The van der Waals surface area contributed by atoms with Gasteiger partial charge in [-0.05, 0) is 29.8 Å². The van der Waals surface area contributed by atoms with E-state index in [1.807, 2.05) is 12.1 Å². The molecule has 2 heterocycles. The van der Waals surface area contributed by atoms with Gasteiger partial charge in [0, 0.05) is 29.5 Å². The molecule has 0 bridgehead atoms. The molecular formula is C15H12ClN3O. The Morgan fingerprint density at radius 3 is 2.75 bits per heavy atom. The number of hydrogen-bond acceptors (Lipinski definition) is 4. The van der Waals surface area contributed by atoms with Crippen LogP contribution >= 0.6 is 11.6 Å². The number of phenolic OH excluding ortho intramolecular Hbond substituents is 1. The minimum absolute atomic E-state index is 0.0568. The van der Waals surface area contributed by atoms with Crippen LogP contribution in [0.5, 0.6) is 5.75 Å². The van der Waals surface area contributed by atoms with E-state index in [1.54, 1.807) is 36.8 Å². The maximum Gasteiger partial charge on any atom is 0.147 e. The van der Waals surface area contributed by atoms with Crippen molar-refractivity contribution < 1.29 is 5.11 Å². The molecule has 0 saturated heterocycles. The van der Waals surface area contributed by atoms with Crippen LogP contribution < -0.4 is 5.73 Å². The standard InChI is InChI=1S/C15H12ClN3O/c16-12-7-11(13(17)9-3-1-5-18-8-9)15(20)14-10(12)4-2-6-19-14/h1-8,13,20H,17H2. The fraction of sp³-hybridized carbons (Fsp3) is 0.0667. The number of pyridine rings is 2. The van der Waals surface area contributed by atoms with Gasteiger partial charge in [0.2, 0.25) is 0 Å². The third-order valence-electron chi connectivity index (χ3n) is 3.22. The molecule has 1 aromatic carbocycles. The number of phenols is 1. The molecule has 0 amide bonds. The maximum atomic E-state index is 10.4. The summed E-state index contributed by atoms with van der Waals surface area (Å²) in [5.41, 5.74) is 7.98. The molecule has 0 aliphatic carbocycles. The molecule has 100 valence electrons. The summed E-state index contributed by atoms with van der Waals surface area (Å²) in [6, 6.07) is 8.41. The number of benzene rings is 1. The molecule has 1 unspecified atom stereocenters. The summed E-state index contributed by atoms with van der Waals surface area (Å²) in [7, 11) is 0. The van der Waals surface area contributed by atoms with Gasteiger partial charge < -0.3 is 10.8 Å². The third kappa shape index (κ3) is 2.09. The zero-order chi connectivity index (χ0) is 14.1. The number of nitrogens with two attached hydrogens (primary N) is 1. The molecule has 5 heteroatoms. The van der Waals surface area contributed by atoms with Gasteiger partial charge in [0.25, 0.3) is 0 Å². The van der Waals surface area contributed by atoms with Crippen LogP contribution in [-0.2, 0) is 0 Å². The number of rotatable bonds is 2. The Morgan fingerprint density at radius 2 is 2.00 bits per heavy atom. The number of halogens is 1. The van der Waals surface area contributed by atoms with Crippen LogP contribution in [0.3, 0.4) is 0 Å². The van der Waals surface area contributed by atoms with E-state index in [4.69, 9.17) is 17.3 Å². The number of nitrogens with zero attached hydrogens (tertiary/aromatic N) is 2. The lowest BCUT2D eigenvalue weighted by atomic mass is 9.98. The van der Waals surface area contributed by atoms with Gasteiger partial charge in [-0.2, -0.15) is 0 Å². The molecule has 0 radical (unpaired) electrons. The third-order valence-corrected chi connectivity index (χ3v) is 3.54. The van der Waals surface area contributed by atoms with Gasteiger partial charge in [0.1, 0.15) is 11.3 Å². The van der Waals surface area contributed by atoms with Crippen molar-refractivity contribution in [2.75, 3.05) is 0 Å². The second-order valence-corrected chi connectivity index (χ2v) is 4.87. The van der Waals surface area contributed by atoms with Crippen molar-refractivity contribution in [3.05, 3.63) is 65.1 Å². The van der Waals surface area contributed by atoms with Crippen LogP contribution in [0.1, 0.15) is 17.2 Å². The van der Waals surface area contributed by atoms with E-state index in [2.05, 4.69) is 9.97 Å². The van der Waals surface area contributed by atoms with Gasteiger partial charge in [-0.3, -0.25) is 9.97 Å². The van der Waals surface area contributed by atoms with Crippen molar-refractivity contribution in [1.29, 1.82) is 0 Å². The van der Waals surface area contributed by atoms with E-state index in [1.165, 1.54) is 0 Å². The first kappa shape index (κ1) is 12.8. The molecule has 3 rings (SSSR count). The lowest BCUT2D eigenvalue weighted by Gasteiger charge is -2.15. The second kappa shape index (κ2) is 5.07. The molecule has 1 atom stereocenters. The Morgan fingerprint density at radius 1 is 1.20 bits per heavy atom. The van der Waals surface area contributed by atoms with Crippen molar-refractivity contribution in [3.8, 4) is 5.75 Å². The maximum absolute atomic E-state index is 10.4. The van der Waals surface area contributed by atoms with E-state index < -0.39 is 6.04 Å². The van der Waals surface area contributed by atoms with E-state index in [-0.39, 0.29) is 5.75 Å². The van der Waals surface area contributed by atoms with E-state index in [0.717, 1.165) is 5.56 Å². The predicted octanol–water partition coefficient (Wildman–Crippen LogP) is 3.04. The van der Waals surface area contributed by atoms with Gasteiger partial charge in [0.05, 0.1) is 11.1 Å². The quantitative estimate of drug-likeness (QED) is 0.759. The first-order valence-electron chi connectivity index (χ1n) is 6.10. The second-order valence-electron chi connectivity index (χ2n) is 4.46. The molecule has 2 aromatic heterocycles. The summed E-state index contributed by atoms with van der Waals surface area (Å²) in [4.78, 5) is 8.21. The minimum Gasteiger partial charge on any atom is -0.505 e. The Labute approximate surface area is 120 Å². The zero-order valence-corrected chi connectivity index (χ0v) is 11.2. The molecule has 3 N–H and O–H groups in total. The van der Waals surface area contributed by atoms with Crippen molar-refractivity contribution in [3.63, 3.8) is 0 Å². The lowest BCUT2D eigenvalue weighted by molar-refractivity contribution is 0.470. The lowest BCUT2D eigenvalue weighted by Crippen LogP contribution is -2.12. The zero-order valence-electron chi connectivity index (χ0n) is 10.5. The molecule has 0 aliphatic heterocycles. The van der Waals surface area contributed by atoms with Crippen LogP contribution in [0, 0.1) is 0 Å². The number of aromatic hydroxyl groups is 1. The molecule has 0 aliphatic rings. The average Bonchev–Trinajstić information content (AvgIpc) is 2.51. The van der Waals surface area contributed by atoms with Gasteiger partial charge >= 0.3 is 0 Å². The molecule has 20 heavy (non-hydrogen) atoms. The first-order chi connectivity index (χ1) is 9.68. The number of fused-ring (bicyclic) bond motifs is 1. The first-order valence-corrected chi connectivity index (χ1v) is 6.48. The Hall–Kier alpha value is -2.17. The SMILES string of the molecule is NC(c1cccnc1)c1cc(Cl)c2cccnc2c1O. The molecule has 0 spiro atoms. The summed E-state index contributed by atoms with van der Waals surface area (Å²) in [5, 5.41) is 11.6. The smallest absolute Gasteiger partial charge is 0.147 e. The summed E-state index contributed by atoms with van der Waals surface area (Å²) < 4.78 is 0. The Balaban J connectivity index is 2.20. The highest BCUT2D eigenvalue weighted by molar-refractivity contribution is 6.35. The molecule has 0 fully saturated rings. The fourth-order valence-corrected chi connectivity index (χ4v) is 2.45.